The van der Waals surface area contributed by atoms with Gasteiger partial charge < -0.3 is 10.1 Å². The number of fused-ring (bicyclic) bond motifs is 2. The van der Waals surface area contributed by atoms with Crippen LogP contribution in [0.3, 0.4) is 0 Å². The van der Waals surface area contributed by atoms with Crippen molar-refractivity contribution in [1.82, 2.24) is 20.5 Å². The van der Waals surface area contributed by atoms with Crippen LogP contribution in [-0.2, 0) is 16.0 Å². The number of aromatic nitrogens is 3. The molecule has 0 unspecified atom stereocenters. The fraction of sp³-hybridized carbons (Fsp3) is 0.750. The van der Waals surface area contributed by atoms with Gasteiger partial charge in [-0.15, -0.1) is 0 Å². The van der Waals surface area contributed by atoms with Crippen LogP contribution in [0.25, 0.3) is 0 Å². The number of hydrogen-bond acceptors (Lipinski definition) is 4. The molecule has 19 heavy (non-hydrogen) atoms. The van der Waals surface area contributed by atoms with Crippen LogP contribution in [0.5, 0.6) is 0 Å². The predicted octanol–water partition coefficient (Wildman–Crippen LogP) is -0.286. The van der Waals surface area contributed by atoms with Crippen molar-refractivity contribution in [2.45, 2.75) is 44.8 Å². The standard InChI is InChI=1S/C12H18N4O3/c1-12(6-7-2-3-8(12)19-7)10(17)13-5-4-9-14-11(18)16-15-9/h7-8H,2-6H2,1H3,(H,13,17)(H2,14,15,16,18)/t7-,8+,12+/m1/s1. The summed E-state index contributed by atoms with van der Waals surface area (Å²) in [6.07, 6.45) is 3.67. The zero-order valence-electron chi connectivity index (χ0n) is 10.9. The fourth-order valence-corrected chi connectivity index (χ4v) is 3.09. The van der Waals surface area contributed by atoms with E-state index in [9.17, 15) is 9.59 Å². The summed E-state index contributed by atoms with van der Waals surface area (Å²) in [6, 6.07) is 0. The summed E-state index contributed by atoms with van der Waals surface area (Å²) in [5, 5.41) is 9.01. The summed E-state index contributed by atoms with van der Waals surface area (Å²) in [6.45, 7) is 2.44. The molecule has 2 bridgehead atoms. The normalized spacial score (nSPS) is 32.7. The van der Waals surface area contributed by atoms with E-state index in [2.05, 4.69) is 20.5 Å². The van der Waals surface area contributed by atoms with Gasteiger partial charge in [0.05, 0.1) is 17.6 Å². The summed E-state index contributed by atoms with van der Waals surface area (Å²) >= 11 is 0. The molecule has 7 heteroatoms. The molecule has 0 radical (unpaired) electrons. The largest absolute Gasteiger partial charge is 0.374 e. The highest BCUT2D eigenvalue weighted by Gasteiger charge is 2.53. The molecular weight excluding hydrogens is 248 g/mol. The van der Waals surface area contributed by atoms with Crippen molar-refractivity contribution in [3.63, 3.8) is 0 Å². The summed E-state index contributed by atoms with van der Waals surface area (Å²) < 4.78 is 5.75. The molecule has 0 saturated carbocycles. The summed E-state index contributed by atoms with van der Waals surface area (Å²) in [5.74, 6) is 0.595. The number of rotatable bonds is 4. The Hall–Kier alpha value is -1.63. The van der Waals surface area contributed by atoms with Crippen LogP contribution in [0.2, 0.25) is 0 Å². The maximum absolute atomic E-state index is 12.3. The second-order valence-corrected chi connectivity index (χ2v) is 5.58. The highest BCUT2D eigenvalue weighted by Crippen LogP contribution is 2.47. The first-order valence-electron chi connectivity index (χ1n) is 6.65. The topological polar surface area (TPSA) is 99.9 Å². The summed E-state index contributed by atoms with van der Waals surface area (Å²) in [7, 11) is 0. The van der Waals surface area contributed by atoms with Gasteiger partial charge in [0.2, 0.25) is 5.91 Å². The van der Waals surface area contributed by atoms with Crippen LogP contribution >= 0.6 is 0 Å². The first-order chi connectivity index (χ1) is 9.08. The van der Waals surface area contributed by atoms with E-state index in [1.54, 1.807) is 0 Å². The lowest BCUT2D eigenvalue weighted by Gasteiger charge is -2.29. The molecule has 1 aromatic rings. The molecule has 3 rings (SSSR count). The molecule has 1 amide bonds. The Labute approximate surface area is 110 Å². The minimum Gasteiger partial charge on any atom is -0.374 e. The van der Waals surface area contributed by atoms with Crippen molar-refractivity contribution in [3.05, 3.63) is 16.3 Å². The molecule has 0 aromatic carbocycles. The maximum Gasteiger partial charge on any atom is 0.340 e. The Morgan fingerprint density at radius 1 is 1.58 bits per heavy atom. The van der Waals surface area contributed by atoms with E-state index < -0.39 is 5.41 Å². The lowest BCUT2D eigenvalue weighted by molar-refractivity contribution is -0.132. The van der Waals surface area contributed by atoms with Crippen LogP contribution in [-0.4, -0.2) is 39.8 Å². The number of nitrogens with one attached hydrogen (secondary N) is 3. The van der Waals surface area contributed by atoms with Crippen molar-refractivity contribution in [3.8, 4) is 0 Å². The molecule has 0 aliphatic carbocycles. The number of amides is 1. The van der Waals surface area contributed by atoms with Crippen molar-refractivity contribution >= 4 is 5.91 Å². The zero-order chi connectivity index (χ0) is 13.5. The molecule has 2 aliphatic heterocycles. The lowest BCUT2D eigenvalue weighted by Crippen LogP contribution is -2.45. The van der Waals surface area contributed by atoms with Gasteiger partial charge in [0.25, 0.3) is 0 Å². The lowest BCUT2D eigenvalue weighted by atomic mass is 9.75. The van der Waals surface area contributed by atoms with Gasteiger partial charge in [-0.2, -0.15) is 5.10 Å². The number of ether oxygens (including phenoxy) is 1. The van der Waals surface area contributed by atoms with Gasteiger partial charge in [0.1, 0.15) is 5.82 Å². The minimum absolute atomic E-state index is 0.0394. The van der Waals surface area contributed by atoms with Crippen LogP contribution in [0.4, 0.5) is 0 Å². The maximum atomic E-state index is 12.3. The molecule has 7 nitrogen and oxygen atoms in total. The number of H-pyrrole nitrogens is 2. The third kappa shape index (κ3) is 2.18. The van der Waals surface area contributed by atoms with Crippen molar-refractivity contribution in [2.24, 2.45) is 5.41 Å². The zero-order valence-corrected chi connectivity index (χ0v) is 10.9. The van der Waals surface area contributed by atoms with E-state index in [1.165, 1.54) is 0 Å². The van der Waals surface area contributed by atoms with Gasteiger partial charge in [-0.3, -0.25) is 9.78 Å². The quantitative estimate of drug-likeness (QED) is 0.697. The smallest absolute Gasteiger partial charge is 0.340 e. The van der Waals surface area contributed by atoms with Crippen LogP contribution in [0.1, 0.15) is 32.0 Å². The van der Waals surface area contributed by atoms with E-state index in [1.807, 2.05) is 6.92 Å². The Kier molecular flexibility index (Phi) is 2.93. The molecular formula is C12H18N4O3. The van der Waals surface area contributed by atoms with Crippen molar-refractivity contribution in [1.29, 1.82) is 0 Å². The van der Waals surface area contributed by atoms with Gasteiger partial charge >= 0.3 is 5.69 Å². The molecule has 104 valence electrons. The van der Waals surface area contributed by atoms with Gasteiger partial charge in [-0.05, 0) is 26.2 Å². The Balaban J connectivity index is 1.53. The highest BCUT2D eigenvalue weighted by molar-refractivity contribution is 5.83. The van der Waals surface area contributed by atoms with Gasteiger partial charge in [-0.1, -0.05) is 0 Å². The average Bonchev–Trinajstić information content (AvgIpc) is 3.05. The average molecular weight is 266 g/mol. The Morgan fingerprint density at radius 3 is 3.00 bits per heavy atom. The van der Waals surface area contributed by atoms with Crippen LogP contribution in [0, 0.1) is 5.41 Å². The van der Waals surface area contributed by atoms with E-state index in [-0.39, 0.29) is 23.8 Å². The van der Waals surface area contributed by atoms with Gasteiger partial charge in [-0.25, -0.2) is 9.89 Å². The predicted molar refractivity (Wildman–Crippen MR) is 66.5 cm³/mol. The number of hydrogen-bond donors (Lipinski definition) is 3. The molecule has 3 heterocycles. The molecule has 3 atom stereocenters. The van der Waals surface area contributed by atoms with E-state index in [4.69, 9.17) is 4.74 Å². The van der Waals surface area contributed by atoms with Crippen LogP contribution < -0.4 is 11.0 Å². The van der Waals surface area contributed by atoms with E-state index in [0.717, 1.165) is 19.3 Å². The Bertz CT molecular complexity index is 537. The number of carbonyl (C=O) groups is 1. The van der Waals surface area contributed by atoms with E-state index >= 15 is 0 Å². The first kappa shape index (κ1) is 12.4. The van der Waals surface area contributed by atoms with Crippen LogP contribution in [0.15, 0.2) is 4.79 Å². The van der Waals surface area contributed by atoms with Crippen molar-refractivity contribution < 1.29 is 9.53 Å². The first-order valence-corrected chi connectivity index (χ1v) is 6.65. The second kappa shape index (κ2) is 4.48. The number of carbonyl (C=O) groups excluding carboxylic acids is 1. The second-order valence-electron chi connectivity index (χ2n) is 5.58. The molecule has 0 spiro atoms. The number of aromatic amines is 2. The monoisotopic (exact) mass is 266 g/mol. The summed E-state index contributed by atoms with van der Waals surface area (Å²) in [5.41, 5.74) is -0.725. The van der Waals surface area contributed by atoms with Gasteiger partial charge in [0.15, 0.2) is 0 Å². The Morgan fingerprint density at radius 2 is 2.42 bits per heavy atom. The molecule has 2 aliphatic rings. The highest BCUT2D eigenvalue weighted by atomic mass is 16.5. The third-order valence-corrected chi connectivity index (χ3v) is 4.19. The molecule has 2 fully saturated rings. The molecule has 1 aromatic heterocycles. The molecule has 3 N–H and O–H groups in total. The minimum atomic E-state index is -0.401. The molecule has 2 saturated heterocycles. The summed E-state index contributed by atoms with van der Waals surface area (Å²) in [4.78, 5) is 25.7. The van der Waals surface area contributed by atoms with Gasteiger partial charge in [0, 0.05) is 13.0 Å². The number of nitrogens with zero attached hydrogens (tertiary/aromatic N) is 1. The third-order valence-electron chi connectivity index (χ3n) is 4.19. The van der Waals surface area contributed by atoms with Crippen molar-refractivity contribution in [2.75, 3.05) is 6.54 Å². The van der Waals surface area contributed by atoms with E-state index in [0.29, 0.717) is 18.8 Å². The SMILES string of the molecule is C[C@]1(C(=O)NCCc2n[nH]c(=O)[nH]2)C[C@H]2CC[C@@H]1O2. The fourth-order valence-electron chi connectivity index (χ4n) is 3.09.